The Kier molecular flexibility index (Phi) is 1.73. The lowest BCUT2D eigenvalue weighted by molar-refractivity contribution is 1.05. The number of nitrogens with two attached hydrogens (primary N) is 1. The minimum absolute atomic E-state index is 0.531. The summed E-state index contributed by atoms with van der Waals surface area (Å²) in [5, 5.41) is 6.76. The normalized spacial score (nSPS) is 10.2. The highest BCUT2D eigenvalue weighted by atomic mass is 15.2. The first-order valence-corrected chi connectivity index (χ1v) is 4.00. The Bertz CT molecular complexity index is 385. The van der Waals surface area contributed by atoms with E-state index in [9.17, 15) is 0 Å². The molecule has 4 nitrogen and oxygen atoms in total. The molecular weight excluding hydrogens is 164 g/mol. The number of aryl methyl sites for hydroxylation is 1. The fourth-order valence-electron chi connectivity index (χ4n) is 1.33. The van der Waals surface area contributed by atoms with E-state index >= 15 is 0 Å². The van der Waals surface area contributed by atoms with Crippen molar-refractivity contribution in [2.75, 3.05) is 5.73 Å². The van der Waals surface area contributed by atoms with Gasteiger partial charge in [-0.15, -0.1) is 0 Å². The summed E-state index contributed by atoms with van der Waals surface area (Å²) in [4.78, 5) is 3.94. The summed E-state index contributed by atoms with van der Waals surface area (Å²) in [5.74, 6) is 0.531. The van der Waals surface area contributed by atoms with Crippen LogP contribution in [0.5, 0.6) is 0 Å². The zero-order valence-corrected chi connectivity index (χ0v) is 7.28. The molecule has 0 saturated heterocycles. The van der Waals surface area contributed by atoms with E-state index in [0.717, 1.165) is 16.8 Å². The maximum absolute atomic E-state index is 5.71. The second-order valence-electron chi connectivity index (χ2n) is 2.84. The number of anilines is 1. The molecule has 4 heteroatoms. The van der Waals surface area contributed by atoms with Crippen LogP contribution in [0.4, 0.5) is 5.82 Å². The van der Waals surface area contributed by atoms with Crippen molar-refractivity contribution in [2.45, 2.75) is 6.92 Å². The fourth-order valence-corrected chi connectivity index (χ4v) is 1.33. The quantitative estimate of drug-likeness (QED) is 0.686. The standard InChI is InChI=1S/C9H10N4/c1-6-8(9(10)13-12-6)7-2-4-11-5-3-7/h2-5H,1H3,(H3,10,12,13). The van der Waals surface area contributed by atoms with Crippen molar-refractivity contribution in [1.29, 1.82) is 0 Å². The van der Waals surface area contributed by atoms with Crippen molar-refractivity contribution in [2.24, 2.45) is 0 Å². The molecule has 0 atom stereocenters. The number of hydrogen-bond acceptors (Lipinski definition) is 3. The van der Waals surface area contributed by atoms with Crippen LogP contribution in [0.15, 0.2) is 24.5 Å². The van der Waals surface area contributed by atoms with Crippen LogP contribution in [0.3, 0.4) is 0 Å². The topological polar surface area (TPSA) is 67.6 Å². The van der Waals surface area contributed by atoms with Gasteiger partial charge in [-0.1, -0.05) is 0 Å². The molecule has 0 aliphatic heterocycles. The first-order chi connectivity index (χ1) is 6.29. The van der Waals surface area contributed by atoms with Crippen molar-refractivity contribution >= 4 is 5.82 Å². The van der Waals surface area contributed by atoms with Gasteiger partial charge >= 0.3 is 0 Å². The highest BCUT2D eigenvalue weighted by Gasteiger charge is 2.08. The van der Waals surface area contributed by atoms with Gasteiger partial charge in [-0.2, -0.15) is 5.10 Å². The molecule has 0 unspecified atom stereocenters. The van der Waals surface area contributed by atoms with Crippen molar-refractivity contribution in [3.63, 3.8) is 0 Å². The van der Waals surface area contributed by atoms with Gasteiger partial charge < -0.3 is 5.73 Å². The lowest BCUT2D eigenvalue weighted by atomic mass is 10.1. The molecule has 0 spiro atoms. The summed E-state index contributed by atoms with van der Waals surface area (Å²) in [6.45, 7) is 1.94. The number of nitrogens with one attached hydrogen (secondary N) is 1. The van der Waals surface area contributed by atoms with Gasteiger partial charge in [0.1, 0.15) is 0 Å². The molecule has 0 fully saturated rings. The summed E-state index contributed by atoms with van der Waals surface area (Å²) in [7, 11) is 0. The SMILES string of the molecule is Cc1[nH]nc(N)c1-c1ccncc1. The minimum atomic E-state index is 0.531. The van der Waals surface area contributed by atoms with Crippen LogP contribution in [-0.4, -0.2) is 15.2 Å². The Morgan fingerprint density at radius 3 is 2.54 bits per heavy atom. The Morgan fingerprint density at radius 2 is 2.00 bits per heavy atom. The molecule has 66 valence electrons. The maximum Gasteiger partial charge on any atom is 0.153 e. The predicted octanol–water partition coefficient (Wildman–Crippen LogP) is 1.36. The van der Waals surface area contributed by atoms with E-state index in [1.54, 1.807) is 12.4 Å². The molecule has 2 rings (SSSR count). The van der Waals surface area contributed by atoms with Gasteiger partial charge in [-0.25, -0.2) is 0 Å². The summed E-state index contributed by atoms with van der Waals surface area (Å²) in [5.41, 5.74) is 8.69. The highest BCUT2D eigenvalue weighted by Crippen LogP contribution is 2.26. The smallest absolute Gasteiger partial charge is 0.153 e. The average molecular weight is 174 g/mol. The molecule has 0 aliphatic carbocycles. The van der Waals surface area contributed by atoms with Crippen molar-refractivity contribution < 1.29 is 0 Å². The fraction of sp³-hybridized carbons (Fsp3) is 0.111. The molecule has 2 heterocycles. The lowest BCUT2D eigenvalue weighted by Gasteiger charge is -1.98. The van der Waals surface area contributed by atoms with E-state index in [1.165, 1.54) is 0 Å². The van der Waals surface area contributed by atoms with Gasteiger partial charge in [0.15, 0.2) is 5.82 Å². The molecule has 0 aliphatic rings. The molecule has 2 aromatic heterocycles. The van der Waals surface area contributed by atoms with Crippen molar-refractivity contribution in [3.8, 4) is 11.1 Å². The van der Waals surface area contributed by atoms with Crippen molar-refractivity contribution in [1.82, 2.24) is 15.2 Å². The molecule has 0 bridgehead atoms. The molecule has 0 saturated carbocycles. The van der Waals surface area contributed by atoms with Crippen LogP contribution in [0.2, 0.25) is 0 Å². The monoisotopic (exact) mass is 174 g/mol. The van der Waals surface area contributed by atoms with E-state index in [2.05, 4.69) is 15.2 Å². The van der Waals surface area contributed by atoms with Crippen molar-refractivity contribution in [3.05, 3.63) is 30.2 Å². The third kappa shape index (κ3) is 1.26. The second-order valence-corrected chi connectivity index (χ2v) is 2.84. The minimum Gasteiger partial charge on any atom is -0.382 e. The van der Waals surface area contributed by atoms with E-state index < -0.39 is 0 Å². The van der Waals surface area contributed by atoms with Gasteiger partial charge in [0.25, 0.3) is 0 Å². The summed E-state index contributed by atoms with van der Waals surface area (Å²) in [6, 6.07) is 3.82. The van der Waals surface area contributed by atoms with E-state index in [1.807, 2.05) is 19.1 Å². The number of nitrogen functional groups attached to an aromatic ring is 1. The van der Waals surface area contributed by atoms with Crippen LogP contribution in [0.1, 0.15) is 5.69 Å². The van der Waals surface area contributed by atoms with Gasteiger partial charge in [-0.05, 0) is 24.6 Å². The third-order valence-electron chi connectivity index (χ3n) is 1.94. The van der Waals surface area contributed by atoms with E-state index in [4.69, 9.17) is 5.73 Å². The van der Waals surface area contributed by atoms with E-state index in [-0.39, 0.29) is 0 Å². The molecular formula is C9H10N4. The molecule has 0 aromatic carbocycles. The zero-order chi connectivity index (χ0) is 9.26. The summed E-state index contributed by atoms with van der Waals surface area (Å²) < 4.78 is 0. The van der Waals surface area contributed by atoms with Crippen LogP contribution in [-0.2, 0) is 0 Å². The Balaban J connectivity index is 2.59. The number of H-pyrrole nitrogens is 1. The second kappa shape index (κ2) is 2.90. The third-order valence-corrected chi connectivity index (χ3v) is 1.94. The number of hydrogen-bond donors (Lipinski definition) is 2. The van der Waals surface area contributed by atoms with Gasteiger partial charge in [0.05, 0.1) is 0 Å². The molecule has 0 amide bonds. The van der Waals surface area contributed by atoms with Crippen LogP contribution in [0, 0.1) is 6.92 Å². The predicted molar refractivity (Wildman–Crippen MR) is 51.0 cm³/mol. The number of nitrogens with zero attached hydrogens (tertiary/aromatic N) is 2. The lowest BCUT2D eigenvalue weighted by Crippen LogP contribution is -1.88. The van der Waals surface area contributed by atoms with E-state index in [0.29, 0.717) is 5.82 Å². The van der Waals surface area contributed by atoms with Gasteiger partial charge in [-0.3, -0.25) is 10.1 Å². The largest absolute Gasteiger partial charge is 0.382 e. The van der Waals surface area contributed by atoms with Crippen LogP contribution < -0.4 is 5.73 Å². The molecule has 3 N–H and O–H groups in total. The van der Waals surface area contributed by atoms with Gasteiger partial charge in [0.2, 0.25) is 0 Å². The maximum atomic E-state index is 5.71. The number of rotatable bonds is 1. The number of aromatic nitrogens is 3. The first kappa shape index (κ1) is 7.79. The molecule has 2 aromatic rings. The van der Waals surface area contributed by atoms with Crippen LogP contribution in [0.25, 0.3) is 11.1 Å². The average Bonchev–Trinajstić information content (AvgIpc) is 2.48. The Labute approximate surface area is 75.8 Å². The molecule has 13 heavy (non-hydrogen) atoms. The zero-order valence-electron chi connectivity index (χ0n) is 7.28. The number of aromatic amines is 1. The molecule has 0 radical (unpaired) electrons. The first-order valence-electron chi connectivity index (χ1n) is 4.00. The highest BCUT2D eigenvalue weighted by molar-refractivity contribution is 5.75. The Hall–Kier alpha value is -1.84. The van der Waals surface area contributed by atoms with Crippen LogP contribution >= 0.6 is 0 Å². The summed E-state index contributed by atoms with van der Waals surface area (Å²) >= 11 is 0. The van der Waals surface area contributed by atoms with Gasteiger partial charge in [0, 0.05) is 23.7 Å². The Morgan fingerprint density at radius 1 is 1.31 bits per heavy atom. The summed E-state index contributed by atoms with van der Waals surface area (Å²) in [6.07, 6.45) is 3.47. The number of pyridine rings is 1.